The number of hydrogen-bond acceptors (Lipinski definition) is 7. The van der Waals surface area contributed by atoms with Gasteiger partial charge in [0.05, 0.1) is 17.3 Å². The average Bonchev–Trinajstić information content (AvgIpc) is 3.35. The summed E-state index contributed by atoms with van der Waals surface area (Å²) in [6.45, 7) is 7.84. The Morgan fingerprint density at radius 1 is 1.11 bits per heavy atom. The van der Waals surface area contributed by atoms with Crippen LogP contribution in [0.25, 0.3) is 16.3 Å². The molecule has 5 rings (SSSR count). The zero-order valence-electron chi connectivity index (χ0n) is 20.9. The summed E-state index contributed by atoms with van der Waals surface area (Å²) >= 11 is 1.63. The summed E-state index contributed by atoms with van der Waals surface area (Å²) in [6.07, 6.45) is 1.96. The monoisotopic (exact) mass is 514 g/mol. The van der Waals surface area contributed by atoms with Crippen LogP contribution in [0.4, 0.5) is 0 Å². The van der Waals surface area contributed by atoms with Crippen molar-refractivity contribution in [2.75, 3.05) is 0 Å². The van der Waals surface area contributed by atoms with E-state index < -0.39 is 23.8 Å². The zero-order chi connectivity index (χ0) is 26.4. The Kier molecular flexibility index (Phi) is 6.20. The number of primary amides is 1. The summed E-state index contributed by atoms with van der Waals surface area (Å²) in [5.74, 6) is -0.964. The van der Waals surface area contributed by atoms with E-state index in [0.29, 0.717) is 29.3 Å². The van der Waals surface area contributed by atoms with Gasteiger partial charge in [-0.1, -0.05) is 31.2 Å². The van der Waals surface area contributed by atoms with Crippen molar-refractivity contribution in [3.63, 3.8) is 0 Å². The summed E-state index contributed by atoms with van der Waals surface area (Å²) in [5.41, 5.74) is 10.9. The first kappa shape index (κ1) is 24.5. The number of aromatic nitrogens is 4. The number of nitrogens with two attached hydrogens (primary N) is 1. The van der Waals surface area contributed by atoms with Crippen LogP contribution < -0.4 is 5.73 Å². The highest BCUT2D eigenvalue weighted by molar-refractivity contribution is 7.15. The molecule has 4 aromatic rings. The molecule has 0 saturated heterocycles. The molecule has 37 heavy (non-hydrogen) atoms. The van der Waals surface area contributed by atoms with Crippen LogP contribution in [-0.2, 0) is 4.79 Å². The largest absolute Gasteiger partial charge is 0.481 e. The number of amides is 1. The molecule has 9 nitrogen and oxygen atoms in total. The highest BCUT2D eigenvalue weighted by atomic mass is 32.1. The third-order valence-electron chi connectivity index (χ3n) is 6.83. The van der Waals surface area contributed by atoms with Crippen molar-refractivity contribution in [2.45, 2.75) is 40.2 Å². The highest BCUT2D eigenvalue weighted by Crippen LogP contribution is 2.41. The fraction of sp³-hybridized carbons (Fsp3) is 0.259. The fourth-order valence-electron chi connectivity index (χ4n) is 4.69. The van der Waals surface area contributed by atoms with Crippen LogP contribution in [0, 0.1) is 26.7 Å². The summed E-state index contributed by atoms with van der Waals surface area (Å²) in [7, 11) is 0. The van der Waals surface area contributed by atoms with Crippen LogP contribution in [0.2, 0.25) is 0 Å². The number of carbonyl (C=O) groups excluding carboxylic acids is 1. The molecule has 0 aliphatic carbocycles. The zero-order valence-corrected chi connectivity index (χ0v) is 21.7. The van der Waals surface area contributed by atoms with Crippen molar-refractivity contribution in [1.29, 1.82) is 0 Å². The van der Waals surface area contributed by atoms with Gasteiger partial charge in [0.2, 0.25) is 5.91 Å². The minimum absolute atomic E-state index is 0.386. The number of thiophene rings is 1. The van der Waals surface area contributed by atoms with Gasteiger partial charge in [0.15, 0.2) is 5.82 Å². The molecule has 4 heterocycles. The number of carboxylic acid groups (broad SMARTS) is 1. The van der Waals surface area contributed by atoms with Crippen LogP contribution in [0.5, 0.6) is 0 Å². The number of pyridine rings is 1. The molecule has 0 bridgehead atoms. The number of fused-ring (bicyclic) bond motifs is 3. The number of aryl methyl sites for hydroxylation is 2. The number of aliphatic carboxylic acids is 1. The number of carbonyl (C=O) groups is 2. The van der Waals surface area contributed by atoms with Crippen molar-refractivity contribution >= 4 is 28.9 Å². The number of carboxylic acids is 1. The van der Waals surface area contributed by atoms with Gasteiger partial charge in [-0.2, -0.15) is 0 Å². The van der Waals surface area contributed by atoms with Crippen molar-refractivity contribution in [2.24, 2.45) is 16.6 Å². The van der Waals surface area contributed by atoms with Crippen molar-refractivity contribution in [3.05, 3.63) is 81.4 Å². The van der Waals surface area contributed by atoms with Gasteiger partial charge in [0.1, 0.15) is 16.9 Å². The summed E-state index contributed by atoms with van der Waals surface area (Å²) < 4.78 is 1.96. The lowest BCUT2D eigenvalue weighted by Crippen LogP contribution is -2.23. The van der Waals surface area contributed by atoms with Gasteiger partial charge in [0, 0.05) is 33.3 Å². The SMILES string of the molecule is CC[C@H](C(=O)O)C1N=C(c2ccc(-c3cc(C(N)=O)ccn3)cc2)c2c(sc(C)c2C)-n2c(C)nnc21. The maximum Gasteiger partial charge on any atom is 0.309 e. The molecule has 1 aliphatic rings. The third kappa shape index (κ3) is 4.13. The fourth-order valence-corrected chi connectivity index (χ4v) is 5.90. The van der Waals surface area contributed by atoms with Crippen molar-refractivity contribution in [1.82, 2.24) is 19.7 Å². The molecule has 1 aromatic carbocycles. The highest BCUT2D eigenvalue weighted by Gasteiger charge is 2.37. The van der Waals surface area contributed by atoms with E-state index in [9.17, 15) is 14.7 Å². The Hall–Kier alpha value is -4.18. The van der Waals surface area contributed by atoms with Gasteiger partial charge >= 0.3 is 5.97 Å². The molecule has 0 spiro atoms. The van der Waals surface area contributed by atoms with E-state index in [1.807, 2.05) is 42.7 Å². The van der Waals surface area contributed by atoms with Gasteiger partial charge in [-0.3, -0.25) is 24.1 Å². The number of benzene rings is 1. The molecular weight excluding hydrogens is 488 g/mol. The summed E-state index contributed by atoms with van der Waals surface area (Å²) in [5, 5.41) is 19.6. The maximum atomic E-state index is 12.2. The van der Waals surface area contributed by atoms with Crippen LogP contribution >= 0.6 is 11.3 Å². The van der Waals surface area contributed by atoms with Crippen LogP contribution in [0.3, 0.4) is 0 Å². The topological polar surface area (TPSA) is 136 Å². The van der Waals surface area contributed by atoms with Gasteiger partial charge in [-0.05, 0) is 44.9 Å². The van der Waals surface area contributed by atoms with Gasteiger partial charge in [-0.15, -0.1) is 21.5 Å². The minimum Gasteiger partial charge on any atom is -0.481 e. The Morgan fingerprint density at radius 3 is 2.46 bits per heavy atom. The maximum absolute atomic E-state index is 12.2. The first-order chi connectivity index (χ1) is 17.7. The summed E-state index contributed by atoms with van der Waals surface area (Å²) in [4.78, 5) is 34.5. The minimum atomic E-state index is -0.920. The molecular formula is C27H26N6O3S. The molecule has 0 saturated carbocycles. The number of hydrogen-bond donors (Lipinski definition) is 2. The predicted octanol–water partition coefficient (Wildman–Crippen LogP) is 4.42. The van der Waals surface area contributed by atoms with E-state index in [-0.39, 0.29) is 0 Å². The first-order valence-electron chi connectivity index (χ1n) is 11.9. The van der Waals surface area contributed by atoms with E-state index >= 15 is 0 Å². The first-order valence-corrected chi connectivity index (χ1v) is 12.7. The number of rotatable bonds is 6. The molecule has 10 heteroatoms. The van der Waals surface area contributed by atoms with Crippen LogP contribution in [0.15, 0.2) is 47.6 Å². The van der Waals surface area contributed by atoms with Gasteiger partial charge in [-0.25, -0.2) is 0 Å². The molecule has 1 aliphatic heterocycles. The van der Waals surface area contributed by atoms with Crippen LogP contribution in [-0.4, -0.2) is 42.4 Å². The lowest BCUT2D eigenvalue weighted by molar-refractivity contribution is -0.142. The standard InChI is InChI=1S/C27H26N6O3S/c1-5-19(27(35)36)23-25-32-31-15(4)33(25)26-21(13(2)14(3)37-26)22(30-23)17-8-6-16(7-9-17)20-12-18(24(28)34)10-11-29-20/h6-12,19,23H,5H2,1-4H3,(H2,28,34)(H,35,36)/t19-,23?/m0/s1. The van der Waals surface area contributed by atoms with Gasteiger partial charge < -0.3 is 10.8 Å². The van der Waals surface area contributed by atoms with E-state index in [0.717, 1.165) is 37.8 Å². The molecule has 3 aromatic heterocycles. The second-order valence-electron chi connectivity index (χ2n) is 9.05. The summed E-state index contributed by atoms with van der Waals surface area (Å²) in [6, 6.07) is 10.3. The van der Waals surface area contributed by atoms with E-state index in [2.05, 4.69) is 29.0 Å². The van der Waals surface area contributed by atoms with Gasteiger partial charge in [0.25, 0.3) is 0 Å². The third-order valence-corrected chi connectivity index (χ3v) is 8.02. The number of aliphatic imine (C=N–C) groups is 1. The Labute approximate surface area is 217 Å². The normalized spacial score (nSPS) is 15.4. The van der Waals surface area contributed by atoms with E-state index in [1.165, 1.54) is 0 Å². The van der Waals surface area contributed by atoms with Crippen molar-refractivity contribution < 1.29 is 14.7 Å². The van der Waals surface area contributed by atoms with Crippen molar-refractivity contribution in [3.8, 4) is 16.3 Å². The second-order valence-corrected chi connectivity index (χ2v) is 10.3. The van der Waals surface area contributed by atoms with E-state index in [4.69, 9.17) is 10.7 Å². The van der Waals surface area contributed by atoms with E-state index in [1.54, 1.807) is 29.7 Å². The molecule has 0 radical (unpaired) electrons. The molecule has 1 amide bonds. The molecule has 2 atom stereocenters. The Balaban J connectivity index is 1.69. The lowest BCUT2D eigenvalue weighted by Gasteiger charge is -2.18. The molecule has 0 fully saturated rings. The number of nitrogens with zero attached hydrogens (tertiary/aromatic N) is 5. The van der Waals surface area contributed by atoms with Crippen LogP contribution in [0.1, 0.15) is 63.0 Å². The smallest absolute Gasteiger partial charge is 0.309 e. The Bertz CT molecular complexity index is 1570. The quantitative estimate of drug-likeness (QED) is 0.391. The molecule has 188 valence electrons. The molecule has 3 N–H and O–H groups in total. The lowest BCUT2D eigenvalue weighted by atomic mass is 9.95. The second kappa shape index (κ2) is 9.36. The molecule has 1 unspecified atom stereocenters. The Morgan fingerprint density at radius 2 is 1.81 bits per heavy atom. The predicted molar refractivity (Wildman–Crippen MR) is 141 cm³/mol. The average molecular weight is 515 g/mol.